The van der Waals surface area contributed by atoms with Gasteiger partial charge in [-0.15, -0.1) is 0 Å². The summed E-state index contributed by atoms with van der Waals surface area (Å²) in [6.45, 7) is 1.99. The topological polar surface area (TPSA) is 46.5 Å². The molecule has 2 rings (SSSR count). The van der Waals surface area contributed by atoms with Crippen LogP contribution in [-0.2, 0) is 4.79 Å². The molecule has 0 amide bonds. The van der Waals surface area contributed by atoms with E-state index < -0.39 is 5.97 Å². The molecule has 0 aliphatic rings. The maximum absolute atomic E-state index is 10.6. The summed E-state index contributed by atoms with van der Waals surface area (Å²) in [5.74, 6) is 0.324. The van der Waals surface area contributed by atoms with Crippen molar-refractivity contribution in [1.82, 2.24) is 0 Å². The first kappa shape index (κ1) is 14.3. The van der Waals surface area contributed by atoms with Gasteiger partial charge in [-0.2, -0.15) is 0 Å². The Labute approximate surface area is 125 Å². The van der Waals surface area contributed by atoms with E-state index >= 15 is 0 Å². The van der Waals surface area contributed by atoms with Crippen molar-refractivity contribution in [2.45, 2.75) is 6.92 Å². The minimum Gasteiger partial charge on any atom is -0.478 e. The molecule has 3 nitrogen and oxygen atoms in total. The van der Waals surface area contributed by atoms with Gasteiger partial charge in [-0.05, 0) is 42.8 Å². The fourth-order valence-electron chi connectivity index (χ4n) is 1.70. The smallest absolute Gasteiger partial charge is 0.328 e. The molecule has 0 heterocycles. The summed E-state index contributed by atoms with van der Waals surface area (Å²) in [6, 6.07) is 13.1. The Balaban J connectivity index is 2.34. The van der Waals surface area contributed by atoms with E-state index in [4.69, 9.17) is 9.84 Å². The van der Waals surface area contributed by atoms with Gasteiger partial charge in [0.25, 0.3) is 0 Å². The van der Waals surface area contributed by atoms with Crippen LogP contribution in [0.2, 0.25) is 0 Å². The summed E-state index contributed by atoms with van der Waals surface area (Å²) in [5.41, 5.74) is 1.80. The van der Waals surface area contributed by atoms with Gasteiger partial charge in [0.05, 0.1) is 0 Å². The van der Waals surface area contributed by atoms with Crippen LogP contribution in [0.25, 0.3) is 6.08 Å². The number of ether oxygens (including phenoxy) is 1. The van der Waals surface area contributed by atoms with Crippen molar-refractivity contribution in [2.24, 2.45) is 0 Å². The van der Waals surface area contributed by atoms with Crippen LogP contribution in [0, 0.1) is 6.92 Å². The molecule has 0 unspecified atom stereocenters. The maximum Gasteiger partial charge on any atom is 0.328 e. The number of hydrogen-bond acceptors (Lipinski definition) is 2. The molecule has 102 valence electrons. The van der Waals surface area contributed by atoms with Gasteiger partial charge in [0, 0.05) is 16.1 Å². The lowest BCUT2D eigenvalue weighted by molar-refractivity contribution is -0.131. The third-order valence-electron chi connectivity index (χ3n) is 2.60. The third kappa shape index (κ3) is 3.96. The van der Waals surface area contributed by atoms with Crippen molar-refractivity contribution < 1.29 is 14.6 Å². The number of carbonyl (C=O) groups is 1. The highest BCUT2D eigenvalue weighted by Crippen LogP contribution is 2.29. The second-order valence-electron chi connectivity index (χ2n) is 4.27. The summed E-state index contributed by atoms with van der Waals surface area (Å²) in [4.78, 5) is 10.6. The SMILES string of the molecule is Cc1cccc(Oc2cc(Br)ccc2/C=C/C(=O)O)c1. The van der Waals surface area contributed by atoms with Gasteiger partial charge in [-0.3, -0.25) is 0 Å². The van der Waals surface area contributed by atoms with Crippen molar-refractivity contribution >= 4 is 28.0 Å². The zero-order valence-electron chi connectivity index (χ0n) is 10.8. The van der Waals surface area contributed by atoms with Gasteiger partial charge >= 0.3 is 5.97 Å². The summed E-state index contributed by atoms with van der Waals surface area (Å²) in [6.07, 6.45) is 2.60. The molecule has 0 spiro atoms. The molecule has 0 fully saturated rings. The summed E-state index contributed by atoms with van der Waals surface area (Å²) >= 11 is 3.38. The fourth-order valence-corrected chi connectivity index (χ4v) is 2.04. The van der Waals surface area contributed by atoms with Crippen molar-refractivity contribution in [3.05, 3.63) is 64.1 Å². The molecule has 0 saturated carbocycles. The molecular weight excluding hydrogens is 320 g/mol. The number of benzene rings is 2. The standard InChI is InChI=1S/C16H13BrO3/c1-11-3-2-4-14(9-11)20-15-10-13(17)7-5-12(15)6-8-16(18)19/h2-10H,1H3,(H,18,19)/b8-6+. The summed E-state index contributed by atoms with van der Waals surface area (Å²) in [5, 5.41) is 8.71. The first-order chi connectivity index (χ1) is 9.54. The number of aliphatic carboxylic acids is 1. The number of rotatable bonds is 4. The number of hydrogen-bond donors (Lipinski definition) is 1. The van der Waals surface area contributed by atoms with Gasteiger partial charge in [0.1, 0.15) is 11.5 Å². The first-order valence-electron chi connectivity index (χ1n) is 6.00. The second-order valence-corrected chi connectivity index (χ2v) is 5.19. The highest BCUT2D eigenvalue weighted by atomic mass is 79.9. The Morgan fingerprint density at radius 2 is 2.05 bits per heavy atom. The van der Waals surface area contributed by atoms with Crippen LogP contribution < -0.4 is 4.74 Å². The molecular formula is C16H13BrO3. The van der Waals surface area contributed by atoms with Gasteiger partial charge in [-0.25, -0.2) is 4.79 Å². The summed E-state index contributed by atoms with van der Waals surface area (Å²) in [7, 11) is 0. The molecule has 20 heavy (non-hydrogen) atoms. The number of carboxylic acids is 1. The number of aryl methyl sites for hydroxylation is 1. The lowest BCUT2D eigenvalue weighted by Crippen LogP contribution is -1.90. The largest absolute Gasteiger partial charge is 0.478 e. The molecule has 2 aromatic rings. The molecule has 4 heteroatoms. The Morgan fingerprint density at radius 3 is 2.75 bits per heavy atom. The van der Waals surface area contributed by atoms with E-state index in [0.29, 0.717) is 17.1 Å². The van der Waals surface area contributed by atoms with E-state index in [2.05, 4.69) is 15.9 Å². The quantitative estimate of drug-likeness (QED) is 0.829. The average molecular weight is 333 g/mol. The molecule has 1 N–H and O–H groups in total. The lowest BCUT2D eigenvalue weighted by atomic mass is 10.2. The second kappa shape index (κ2) is 6.39. The summed E-state index contributed by atoms with van der Waals surface area (Å²) < 4.78 is 6.70. The Morgan fingerprint density at radius 1 is 1.25 bits per heavy atom. The monoisotopic (exact) mass is 332 g/mol. The van der Waals surface area contributed by atoms with Gasteiger partial charge in [-0.1, -0.05) is 34.1 Å². The maximum atomic E-state index is 10.6. The average Bonchev–Trinajstić information content (AvgIpc) is 2.37. The van der Waals surface area contributed by atoms with Gasteiger partial charge < -0.3 is 9.84 Å². The first-order valence-corrected chi connectivity index (χ1v) is 6.79. The molecule has 0 aromatic heterocycles. The van der Waals surface area contributed by atoms with Crippen LogP contribution in [0.3, 0.4) is 0 Å². The normalized spacial score (nSPS) is 10.7. The Bertz CT molecular complexity index is 663. The lowest BCUT2D eigenvalue weighted by Gasteiger charge is -2.10. The molecule has 0 radical (unpaired) electrons. The number of carboxylic acid groups (broad SMARTS) is 1. The van der Waals surface area contributed by atoms with Crippen molar-refractivity contribution in [2.75, 3.05) is 0 Å². The van der Waals surface area contributed by atoms with E-state index in [1.54, 1.807) is 6.07 Å². The molecule has 0 aliphatic carbocycles. The van der Waals surface area contributed by atoms with E-state index in [0.717, 1.165) is 16.1 Å². The van der Waals surface area contributed by atoms with E-state index in [9.17, 15) is 4.79 Å². The van der Waals surface area contributed by atoms with E-state index in [1.165, 1.54) is 6.08 Å². The van der Waals surface area contributed by atoms with E-state index in [1.807, 2.05) is 43.3 Å². The van der Waals surface area contributed by atoms with Crippen molar-refractivity contribution in [3.8, 4) is 11.5 Å². The van der Waals surface area contributed by atoms with Crippen LogP contribution in [0.15, 0.2) is 53.0 Å². The van der Waals surface area contributed by atoms with Crippen LogP contribution in [0.5, 0.6) is 11.5 Å². The van der Waals surface area contributed by atoms with E-state index in [-0.39, 0.29) is 0 Å². The highest BCUT2D eigenvalue weighted by molar-refractivity contribution is 9.10. The Kier molecular flexibility index (Phi) is 4.58. The molecule has 0 aliphatic heterocycles. The molecule has 0 saturated heterocycles. The minimum absolute atomic E-state index is 0.600. The molecule has 0 bridgehead atoms. The third-order valence-corrected chi connectivity index (χ3v) is 3.09. The van der Waals surface area contributed by atoms with Crippen molar-refractivity contribution in [3.63, 3.8) is 0 Å². The Hall–Kier alpha value is -2.07. The van der Waals surface area contributed by atoms with Gasteiger partial charge in [0.2, 0.25) is 0 Å². The van der Waals surface area contributed by atoms with Crippen LogP contribution in [0.1, 0.15) is 11.1 Å². The predicted molar refractivity (Wildman–Crippen MR) is 82.1 cm³/mol. The predicted octanol–water partition coefficient (Wildman–Crippen LogP) is 4.65. The fraction of sp³-hybridized carbons (Fsp3) is 0.0625. The zero-order chi connectivity index (χ0) is 14.5. The number of halogens is 1. The molecule has 2 aromatic carbocycles. The zero-order valence-corrected chi connectivity index (χ0v) is 12.4. The minimum atomic E-state index is -0.991. The van der Waals surface area contributed by atoms with Crippen molar-refractivity contribution in [1.29, 1.82) is 0 Å². The van der Waals surface area contributed by atoms with Gasteiger partial charge in [0.15, 0.2) is 0 Å². The van der Waals surface area contributed by atoms with Crippen LogP contribution >= 0.6 is 15.9 Å². The molecule has 0 atom stereocenters. The van der Waals surface area contributed by atoms with Crippen LogP contribution in [0.4, 0.5) is 0 Å². The highest BCUT2D eigenvalue weighted by Gasteiger charge is 2.05. The van der Waals surface area contributed by atoms with Crippen LogP contribution in [-0.4, -0.2) is 11.1 Å².